The molecule has 1 saturated carbocycles. The van der Waals surface area contributed by atoms with Gasteiger partial charge in [0.2, 0.25) is 5.91 Å². The van der Waals surface area contributed by atoms with E-state index < -0.39 is 71.1 Å². The standard InChI is InChI=1S/C38H34ClF6N7O/c1-37(2,3)12-11-21-5-6-22(23-8-10-26(39)30-33(23)51(4)50-36(30)46)31(47-21)27(15-18-13-19(40)16-20(41)14-18)48-28(53)17-52-34-29(32(49-52)35(42)43)24-7-9-25(24)38(34,44)45/h5-6,8,10,13-14,16,24-25,27,35H,7,9,15,17H2,1-4H3,(H2,46,50)(H,48,53)/t24-,25+,27-/m0/s1. The number of amides is 1. The van der Waals surface area contributed by atoms with Crippen LogP contribution in [0.25, 0.3) is 22.0 Å². The van der Waals surface area contributed by atoms with Crippen LogP contribution in [0.4, 0.5) is 32.2 Å². The van der Waals surface area contributed by atoms with Crippen LogP contribution in [0.2, 0.25) is 5.02 Å². The molecule has 2 aliphatic carbocycles. The van der Waals surface area contributed by atoms with Crippen LogP contribution >= 0.6 is 11.6 Å². The third-order valence-corrected chi connectivity index (χ3v) is 10.0. The second-order valence-electron chi connectivity index (χ2n) is 14.6. The van der Waals surface area contributed by atoms with E-state index in [1.165, 1.54) is 4.68 Å². The minimum absolute atomic E-state index is 0.140. The Morgan fingerprint density at radius 1 is 1.06 bits per heavy atom. The van der Waals surface area contributed by atoms with E-state index in [1.807, 2.05) is 20.8 Å². The van der Waals surface area contributed by atoms with Crippen LogP contribution in [0.15, 0.2) is 42.5 Å². The maximum absolute atomic E-state index is 15.6. The molecule has 15 heteroatoms. The summed E-state index contributed by atoms with van der Waals surface area (Å²) in [5, 5.41) is 11.7. The first kappa shape index (κ1) is 36.3. The molecule has 0 saturated heterocycles. The molecule has 3 atom stereocenters. The van der Waals surface area contributed by atoms with Crippen molar-refractivity contribution in [2.45, 2.75) is 70.9 Å². The second-order valence-corrected chi connectivity index (χ2v) is 15.0. The van der Waals surface area contributed by atoms with Crippen LogP contribution in [0, 0.1) is 34.8 Å². The SMILES string of the molecule is Cn1nc(N)c2c(Cl)ccc(-c3ccc(C#CC(C)(C)C)nc3[C@H](Cc3cc(F)cc(F)c3)NC(=O)Cn3nc(C(F)F)c4c3C(F)(F)[C@@H]3CC[C@H]43)c21. The summed E-state index contributed by atoms with van der Waals surface area (Å²) in [6.07, 6.45) is -2.86. The highest BCUT2D eigenvalue weighted by Crippen LogP contribution is 2.63. The average Bonchev–Trinajstić information content (AvgIpc) is 3.60. The van der Waals surface area contributed by atoms with Gasteiger partial charge >= 0.3 is 0 Å². The molecule has 3 aromatic heterocycles. The van der Waals surface area contributed by atoms with Crippen molar-refractivity contribution < 1.29 is 31.1 Å². The first-order valence-corrected chi connectivity index (χ1v) is 17.3. The molecule has 0 aliphatic heterocycles. The van der Waals surface area contributed by atoms with Crippen molar-refractivity contribution >= 4 is 34.2 Å². The molecular formula is C38H34ClF6N7O. The van der Waals surface area contributed by atoms with Gasteiger partial charge < -0.3 is 11.1 Å². The van der Waals surface area contributed by atoms with Gasteiger partial charge in [-0.2, -0.15) is 19.0 Å². The van der Waals surface area contributed by atoms with E-state index in [1.54, 1.807) is 31.3 Å². The number of anilines is 1. The second kappa shape index (κ2) is 13.1. The Balaban J connectivity index is 1.37. The van der Waals surface area contributed by atoms with Crippen molar-refractivity contribution in [2.75, 3.05) is 5.73 Å². The summed E-state index contributed by atoms with van der Waals surface area (Å²) in [5.74, 6) is -1.66. The number of halogens is 7. The van der Waals surface area contributed by atoms with Crippen molar-refractivity contribution in [3.63, 3.8) is 0 Å². The molecule has 3 N–H and O–H groups in total. The number of hydrogen-bond donors (Lipinski definition) is 2. The molecule has 5 aromatic rings. The monoisotopic (exact) mass is 753 g/mol. The van der Waals surface area contributed by atoms with Crippen molar-refractivity contribution in [1.29, 1.82) is 0 Å². The number of carbonyl (C=O) groups excluding carboxylic acids is 1. The number of nitrogen functional groups attached to an aromatic ring is 1. The van der Waals surface area contributed by atoms with Crippen molar-refractivity contribution in [2.24, 2.45) is 18.4 Å². The third kappa shape index (κ3) is 6.60. The highest BCUT2D eigenvalue weighted by atomic mass is 35.5. The van der Waals surface area contributed by atoms with E-state index in [0.717, 1.165) is 12.1 Å². The zero-order valence-corrected chi connectivity index (χ0v) is 29.8. The number of aryl methyl sites for hydroxylation is 1. The third-order valence-electron chi connectivity index (χ3n) is 9.72. The molecule has 1 amide bonds. The molecule has 2 aliphatic rings. The lowest BCUT2D eigenvalue weighted by Gasteiger charge is -2.34. The highest BCUT2D eigenvalue weighted by Gasteiger charge is 2.62. The summed E-state index contributed by atoms with van der Waals surface area (Å²) in [6, 6.07) is 8.46. The maximum atomic E-state index is 15.6. The summed E-state index contributed by atoms with van der Waals surface area (Å²) in [5.41, 5.74) is 6.31. The zero-order valence-electron chi connectivity index (χ0n) is 29.0. The van der Waals surface area contributed by atoms with Crippen LogP contribution in [-0.4, -0.2) is 30.5 Å². The van der Waals surface area contributed by atoms with E-state index in [2.05, 4.69) is 27.4 Å². The van der Waals surface area contributed by atoms with Gasteiger partial charge in [0.15, 0.2) is 5.82 Å². The number of fused-ring (bicyclic) bond motifs is 4. The summed E-state index contributed by atoms with van der Waals surface area (Å²) in [6.45, 7) is 4.90. The first-order chi connectivity index (χ1) is 24.9. The number of carbonyl (C=O) groups is 1. The Labute approximate surface area is 305 Å². The van der Waals surface area contributed by atoms with E-state index in [4.69, 9.17) is 22.3 Å². The summed E-state index contributed by atoms with van der Waals surface area (Å²) < 4.78 is 90.6. The van der Waals surface area contributed by atoms with Gasteiger partial charge in [-0.25, -0.2) is 22.5 Å². The summed E-state index contributed by atoms with van der Waals surface area (Å²) in [4.78, 5) is 18.8. The lowest BCUT2D eigenvalue weighted by atomic mass is 9.73. The van der Waals surface area contributed by atoms with Crippen LogP contribution in [0.5, 0.6) is 0 Å². The number of nitrogens with zero attached hydrogens (tertiary/aromatic N) is 5. The fourth-order valence-electron chi connectivity index (χ4n) is 7.41. The smallest absolute Gasteiger partial charge is 0.293 e. The molecule has 0 bridgehead atoms. The lowest BCUT2D eigenvalue weighted by Crippen LogP contribution is -2.36. The molecule has 0 unspecified atom stereocenters. The van der Waals surface area contributed by atoms with Gasteiger partial charge in [-0.05, 0) is 87.8 Å². The molecule has 3 heterocycles. The minimum atomic E-state index is -3.46. The molecule has 0 radical (unpaired) electrons. The Bertz CT molecular complexity index is 2330. The average molecular weight is 754 g/mol. The van der Waals surface area contributed by atoms with Gasteiger partial charge in [0.25, 0.3) is 12.3 Å². The van der Waals surface area contributed by atoms with Gasteiger partial charge in [0.1, 0.15) is 35.3 Å². The Morgan fingerprint density at radius 3 is 2.40 bits per heavy atom. The minimum Gasteiger partial charge on any atom is -0.382 e. The zero-order chi connectivity index (χ0) is 38.1. The van der Waals surface area contributed by atoms with Crippen molar-refractivity contribution in [3.8, 4) is 23.0 Å². The number of benzene rings is 2. The number of nitrogens with one attached hydrogen (secondary N) is 1. The Hall–Kier alpha value is -5.03. The Kier molecular flexibility index (Phi) is 9.00. The molecule has 2 aromatic carbocycles. The fraction of sp³-hybridized carbons (Fsp3) is 0.368. The van der Waals surface area contributed by atoms with Crippen molar-refractivity contribution in [1.82, 2.24) is 29.9 Å². The van der Waals surface area contributed by atoms with E-state index in [9.17, 15) is 22.4 Å². The van der Waals surface area contributed by atoms with Crippen LogP contribution in [-0.2, 0) is 30.7 Å². The molecule has 7 rings (SSSR count). The normalized spacial score (nSPS) is 18.0. The molecule has 276 valence electrons. The predicted octanol–water partition coefficient (Wildman–Crippen LogP) is 8.38. The highest BCUT2D eigenvalue weighted by molar-refractivity contribution is 6.37. The molecule has 8 nitrogen and oxygen atoms in total. The molecule has 53 heavy (non-hydrogen) atoms. The van der Waals surface area contributed by atoms with Gasteiger partial charge in [-0.1, -0.05) is 23.6 Å². The van der Waals surface area contributed by atoms with E-state index in [-0.39, 0.29) is 35.5 Å². The number of pyridine rings is 1. The van der Waals surface area contributed by atoms with Gasteiger partial charge in [-0.15, -0.1) is 0 Å². The first-order valence-electron chi connectivity index (χ1n) is 16.9. The fourth-order valence-corrected chi connectivity index (χ4v) is 7.66. The largest absolute Gasteiger partial charge is 0.382 e. The quantitative estimate of drug-likeness (QED) is 0.122. The lowest BCUT2D eigenvalue weighted by molar-refractivity contribution is -0.123. The van der Waals surface area contributed by atoms with Gasteiger partial charge in [0, 0.05) is 41.1 Å². The maximum Gasteiger partial charge on any atom is 0.293 e. The summed E-state index contributed by atoms with van der Waals surface area (Å²) in [7, 11) is 1.67. The van der Waals surface area contributed by atoms with E-state index in [0.29, 0.717) is 49.9 Å². The number of hydrogen-bond acceptors (Lipinski definition) is 5. The van der Waals surface area contributed by atoms with Crippen molar-refractivity contribution in [3.05, 3.63) is 93.0 Å². The van der Waals surface area contributed by atoms with Crippen LogP contribution in [0.1, 0.15) is 85.9 Å². The summed E-state index contributed by atoms with van der Waals surface area (Å²) >= 11 is 6.53. The molecule has 0 spiro atoms. The van der Waals surface area contributed by atoms with Gasteiger partial charge in [0.05, 0.1) is 27.7 Å². The topological polar surface area (TPSA) is 104 Å². The predicted molar refractivity (Wildman–Crippen MR) is 187 cm³/mol. The number of nitrogens with two attached hydrogens (primary N) is 1. The number of alkyl halides is 4. The van der Waals surface area contributed by atoms with E-state index >= 15 is 8.78 Å². The van der Waals surface area contributed by atoms with Gasteiger partial charge in [-0.3, -0.25) is 14.2 Å². The number of aromatic nitrogens is 5. The van der Waals surface area contributed by atoms with Crippen LogP contribution < -0.4 is 11.1 Å². The molecule has 1 fully saturated rings. The Morgan fingerprint density at radius 2 is 1.75 bits per heavy atom. The molecular weight excluding hydrogens is 720 g/mol. The number of rotatable bonds is 8. The van der Waals surface area contributed by atoms with Crippen LogP contribution in [0.3, 0.4) is 0 Å².